The quantitative estimate of drug-likeness (QED) is 0.800. The summed E-state index contributed by atoms with van der Waals surface area (Å²) < 4.78 is 60.4. The summed E-state index contributed by atoms with van der Waals surface area (Å²) >= 11 is 0. The molecule has 1 rings (SSSR count). The first-order valence-corrected chi connectivity index (χ1v) is 6.78. The van der Waals surface area contributed by atoms with Crippen LogP contribution in [-0.2, 0) is 16.0 Å². The summed E-state index contributed by atoms with van der Waals surface area (Å²) in [6.45, 7) is 0. The van der Waals surface area contributed by atoms with Crippen LogP contribution >= 0.6 is 0 Å². The van der Waals surface area contributed by atoms with Gasteiger partial charge >= 0.3 is 6.18 Å². The molecule has 8 heteroatoms. The molecule has 0 aliphatic carbocycles. The molecule has 0 aliphatic heterocycles. The van der Waals surface area contributed by atoms with E-state index >= 15 is 0 Å². The third-order valence-electron chi connectivity index (χ3n) is 2.25. The molecule has 102 valence electrons. The minimum Gasteiger partial charge on any atom is -0.293 e. The zero-order valence-corrected chi connectivity index (χ0v) is 10.5. The van der Waals surface area contributed by atoms with Gasteiger partial charge in [-0.2, -0.15) is 18.4 Å². The maximum absolute atomic E-state index is 12.5. The lowest BCUT2D eigenvalue weighted by Gasteiger charge is -2.11. The van der Waals surface area contributed by atoms with Crippen LogP contribution in [0.15, 0.2) is 23.1 Å². The Morgan fingerprint density at radius 1 is 1.37 bits per heavy atom. The Balaban J connectivity index is 3.52. The Morgan fingerprint density at radius 2 is 1.95 bits per heavy atom. The van der Waals surface area contributed by atoms with Crippen LogP contribution in [0.2, 0.25) is 0 Å². The molecular formula is C11H8F3NO3S. The molecule has 19 heavy (non-hydrogen) atoms. The number of nitriles is 1. The minimum absolute atomic E-state index is 0.403. The van der Waals surface area contributed by atoms with Crippen LogP contribution < -0.4 is 0 Å². The summed E-state index contributed by atoms with van der Waals surface area (Å²) in [6, 6.07) is 3.31. The molecule has 0 spiro atoms. The average molecular weight is 291 g/mol. The van der Waals surface area contributed by atoms with Gasteiger partial charge in [0.25, 0.3) is 0 Å². The highest BCUT2D eigenvalue weighted by Crippen LogP contribution is 2.32. The highest BCUT2D eigenvalue weighted by atomic mass is 32.2. The molecule has 1 aromatic carbocycles. The molecule has 0 amide bonds. The number of hydrogen-bond acceptors (Lipinski definition) is 4. The van der Waals surface area contributed by atoms with E-state index in [0.717, 1.165) is 6.07 Å². The number of carbonyl (C=O) groups excluding carboxylic acids is 1. The fraction of sp³-hybridized carbons (Fsp3) is 0.273. The van der Waals surface area contributed by atoms with Crippen LogP contribution in [0.3, 0.4) is 0 Å². The number of nitrogens with zero attached hydrogens (tertiary/aromatic N) is 1. The first kappa shape index (κ1) is 15.2. The van der Waals surface area contributed by atoms with E-state index in [-0.39, 0.29) is 0 Å². The van der Waals surface area contributed by atoms with E-state index in [2.05, 4.69) is 0 Å². The van der Waals surface area contributed by atoms with E-state index in [1.54, 1.807) is 0 Å². The van der Waals surface area contributed by atoms with Crippen LogP contribution in [0.4, 0.5) is 13.2 Å². The Labute approximate surface area is 107 Å². The highest BCUT2D eigenvalue weighted by Gasteiger charge is 2.32. The smallest absolute Gasteiger partial charge is 0.293 e. The Kier molecular flexibility index (Phi) is 4.00. The molecule has 0 bridgehead atoms. The second kappa shape index (κ2) is 5.01. The summed E-state index contributed by atoms with van der Waals surface area (Å²) in [4.78, 5) is 10.8. The zero-order valence-electron chi connectivity index (χ0n) is 9.65. The van der Waals surface area contributed by atoms with Crippen molar-refractivity contribution in [3.05, 3.63) is 29.3 Å². The SMILES string of the molecule is CS(=O)(=O)c1cc(C(F)(F)F)ccc1C(=O)CC#N. The second-order valence-corrected chi connectivity index (χ2v) is 5.72. The van der Waals surface area contributed by atoms with Gasteiger partial charge in [-0.1, -0.05) is 0 Å². The number of alkyl halides is 3. The Bertz CT molecular complexity index is 657. The topological polar surface area (TPSA) is 75.0 Å². The Hall–Kier alpha value is -1.88. The lowest BCUT2D eigenvalue weighted by molar-refractivity contribution is -0.137. The van der Waals surface area contributed by atoms with Gasteiger partial charge < -0.3 is 0 Å². The summed E-state index contributed by atoms with van der Waals surface area (Å²) in [5.74, 6) is -0.836. The van der Waals surface area contributed by atoms with Crippen LogP contribution in [0.25, 0.3) is 0 Å². The van der Waals surface area contributed by atoms with Gasteiger partial charge in [0.2, 0.25) is 0 Å². The monoisotopic (exact) mass is 291 g/mol. The normalized spacial score (nSPS) is 11.9. The fourth-order valence-corrected chi connectivity index (χ4v) is 2.33. The second-order valence-electron chi connectivity index (χ2n) is 3.74. The van der Waals surface area contributed by atoms with E-state index in [1.165, 1.54) is 6.07 Å². The van der Waals surface area contributed by atoms with Crippen molar-refractivity contribution in [3.63, 3.8) is 0 Å². The van der Waals surface area contributed by atoms with Crippen molar-refractivity contribution < 1.29 is 26.4 Å². The molecule has 0 saturated heterocycles. The molecule has 0 unspecified atom stereocenters. The van der Waals surface area contributed by atoms with Crippen LogP contribution in [0.5, 0.6) is 0 Å². The standard InChI is InChI=1S/C11H8F3NO3S/c1-19(17,18)10-6-7(11(12,13)14)2-3-8(10)9(16)4-5-15/h2-3,6H,4H2,1H3. The number of ketones is 1. The molecule has 1 aromatic rings. The third kappa shape index (κ3) is 3.54. The minimum atomic E-state index is -4.71. The first-order chi connectivity index (χ1) is 8.57. The van der Waals surface area contributed by atoms with E-state index in [4.69, 9.17) is 5.26 Å². The zero-order chi connectivity index (χ0) is 14.8. The van der Waals surface area contributed by atoms with Crippen LogP contribution in [0, 0.1) is 11.3 Å². The largest absolute Gasteiger partial charge is 0.416 e. The molecule has 0 N–H and O–H groups in total. The lowest BCUT2D eigenvalue weighted by atomic mass is 10.1. The molecule has 0 heterocycles. The maximum atomic E-state index is 12.5. The summed E-state index contributed by atoms with van der Waals surface area (Å²) in [7, 11) is -4.01. The summed E-state index contributed by atoms with van der Waals surface area (Å²) in [6.07, 6.45) is -4.62. The molecule has 0 aliphatic rings. The predicted molar refractivity (Wildman–Crippen MR) is 59.1 cm³/mol. The van der Waals surface area contributed by atoms with Crippen molar-refractivity contribution in [2.45, 2.75) is 17.5 Å². The van der Waals surface area contributed by atoms with Crippen molar-refractivity contribution in [2.75, 3.05) is 6.26 Å². The predicted octanol–water partition coefficient (Wildman–Crippen LogP) is 2.21. The van der Waals surface area contributed by atoms with Gasteiger partial charge in [-0.15, -0.1) is 0 Å². The third-order valence-corrected chi connectivity index (χ3v) is 3.39. The molecule has 4 nitrogen and oxygen atoms in total. The highest BCUT2D eigenvalue weighted by molar-refractivity contribution is 7.90. The van der Waals surface area contributed by atoms with E-state index in [9.17, 15) is 26.4 Å². The van der Waals surface area contributed by atoms with Crippen molar-refractivity contribution in [1.29, 1.82) is 5.26 Å². The molecule has 0 aromatic heterocycles. The van der Waals surface area contributed by atoms with Crippen molar-refractivity contribution in [2.24, 2.45) is 0 Å². The lowest BCUT2D eigenvalue weighted by Crippen LogP contribution is -2.12. The molecule has 0 fully saturated rings. The van der Waals surface area contributed by atoms with Gasteiger partial charge in [0.05, 0.1) is 22.9 Å². The number of rotatable bonds is 3. The van der Waals surface area contributed by atoms with Crippen molar-refractivity contribution in [3.8, 4) is 6.07 Å². The van der Waals surface area contributed by atoms with Gasteiger partial charge in [-0.3, -0.25) is 4.79 Å². The van der Waals surface area contributed by atoms with Gasteiger partial charge in [0.1, 0.15) is 0 Å². The fourth-order valence-electron chi connectivity index (χ4n) is 1.40. The Morgan fingerprint density at radius 3 is 2.37 bits per heavy atom. The van der Waals surface area contributed by atoms with E-state index in [0.29, 0.717) is 18.4 Å². The number of benzene rings is 1. The van der Waals surface area contributed by atoms with Gasteiger partial charge in [-0.25, -0.2) is 8.42 Å². The van der Waals surface area contributed by atoms with Gasteiger partial charge in [-0.05, 0) is 18.2 Å². The first-order valence-electron chi connectivity index (χ1n) is 4.89. The number of halogens is 3. The molecule has 0 saturated carbocycles. The number of hydrogen-bond donors (Lipinski definition) is 0. The number of sulfone groups is 1. The number of carbonyl (C=O) groups is 1. The van der Waals surface area contributed by atoms with Gasteiger partial charge in [0, 0.05) is 11.8 Å². The van der Waals surface area contributed by atoms with Crippen molar-refractivity contribution in [1.82, 2.24) is 0 Å². The van der Waals surface area contributed by atoms with Crippen molar-refractivity contribution >= 4 is 15.6 Å². The molecule has 0 radical (unpaired) electrons. The van der Waals surface area contributed by atoms with Gasteiger partial charge in [0.15, 0.2) is 15.6 Å². The number of Topliss-reactive ketones (excluding diaryl/α,β-unsaturated/α-hetero) is 1. The summed E-state index contributed by atoms with van der Waals surface area (Å²) in [5.41, 5.74) is -1.57. The van der Waals surface area contributed by atoms with Crippen LogP contribution in [-0.4, -0.2) is 20.5 Å². The average Bonchev–Trinajstić information content (AvgIpc) is 2.26. The summed E-state index contributed by atoms with van der Waals surface area (Å²) in [5, 5.41) is 8.38. The molecule has 0 atom stereocenters. The van der Waals surface area contributed by atoms with E-state index in [1.807, 2.05) is 0 Å². The van der Waals surface area contributed by atoms with E-state index < -0.39 is 44.2 Å². The van der Waals surface area contributed by atoms with Crippen LogP contribution in [0.1, 0.15) is 22.3 Å². The maximum Gasteiger partial charge on any atom is 0.416 e. The molecular weight excluding hydrogens is 283 g/mol.